The Morgan fingerprint density at radius 3 is 2.43 bits per heavy atom. The van der Waals surface area contributed by atoms with Gasteiger partial charge >= 0.3 is 0 Å². The lowest BCUT2D eigenvalue weighted by Gasteiger charge is -1.92. The molecule has 0 fully saturated rings. The van der Waals surface area contributed by atoms with Crippen LogP contribution in [0.2, 0.25) is 0 Å². The molecule has 0 saturated heterocycles. The third-order valence-electron chi connectivity index (χ3n) is 0.277. The highest BCUT2D eigenvalue weighted by atomic mass is 16.7. The van der Waals surface area contributed by atoms with Crippen molar-refractivity contribution in [3.63, 3.8) is 0 Å². The van der Waals surface area contributed by atoms with Crippen LogP contribution in [0.4, 0.5) is 0 Å². The molecule has 0 aliphatic carbocycles. The predicted molar refractivity (Wildman–Crippen MR) is 24.0 cm³/mol. The van der Waals surface area contributed by atoms with Crippen LogP contribution in [0.5, 0.6) is 0 Å². The Balaban J connectivity index is 0. The summed E-state index contributed by atoms with van der Waals surface area (Å²) >= 11 is 0. The fraction of sp³-hybridized carbons (Fsp3) is 1.00. The van der Waals surface area contributed by atoms with Gasteiger partial charge in [-0.25, -0.2) is 5.84 Å². The van der Waals surface area contributed by atoms with E-state index in [1.807, 2.05) is 5.59 Å². The quantitative estimate of drug-likeness (QED) is 0.213. The van der Waals surface area contributed by atoms with Gasteiger partial charge in [0.2, 0.25) is 0 Å². The van der Waals surface area contributed by atoms with E-state index in [1.165, 1.54) is 0 Å². The number of nitrogens with one attached hydrogen (secondary N) is 1. The summed E-state index contributed by atoms with van der Waals surface area (Å²) in [5.41, 5.74) is 1.91. The Morgan fingerprint density at radius 1 is 1.71 bits per heavy atom. The molecule has 6 N–H and O–H groups in total. The minimum atomic E-state index is -0.00972. The van der Waals surface area contributed by atoms with E-state index in [2.05, 4.69) is 10.7 Å². The van der Waals surface area contributed by atoms with E-state index in [9.17, 15) is 0 Å². The molecule has 5 heteroatoms. The average molecular weight is 110 g/mol. The van der Waals surface area contributed by atoms with Gasteiger partial charge in [-0.1, -0.05) is 0 Å². The van der Waals surface area contributed by atoms with Crippen LogP contribution in [0.25, 0.3) is 0 Å². The number of aliphatic hydroxyl groups is 1. The van der Waals surface area contributed by atoms with E-state index in [-0.39, 0.29) is 18.7 Å². The van der Waals surface area contributed by atoms with E-state index in [0.29, 0.717) is 0 Å². The van der Waals surface area contributed by atoms with Gasteiger partial charge in [-0.05, 0) is 0 Å². The Kier molecular flexibility index (Phi) is 13.1. The second kappa shape index (κ2) is 9.25. The van der Waals surface area contributed by atoms with E-state index in [4.69, 9.17) is 5.11 Å². The normalized spacial score (nSPS) is 7.71. The summed E-state index contributed by atoms with van der Waals surface area (Å²) in [4.78, 5) is 4.26. The number of hydrogen-bond donors (Lipinski definition) is 3. The molecule has 0 spiro atoms. The first-order valence-corrected chi connectivity index (χ1v) is 1.60. The predicted octanol–water partition coefficient (Wildman–Crippen LogP) is -2.45. The largest absolute Gasteiger partial charge is 0.412 e. The molecule has 0 bridgehead atoms. The van der Waals surface area contributed by atoms with Gasteiger partial charge in [-0.3, -0.25) is 4.84 Å². The van der Waals surface area contributed by atoms with Crippen LogP contribution in [0, 0.1) is 0 Å². The number of aliphatic hydroxyl groups excluding tert-OH is 1. The molecule has 0 aromatic heterocycles. The van der Waals surface area contributed by atoms with Gasteiger partial charge in [0, 0.05) is 0 Å². The summed E-state index contributed by atoms with van der Waals surface area (Å²) in [6.07, 6.45) is 0. The van der Waals surface area contributed by atoms with Crippen LogP contribution in [-0.2, 0) is 4.84 Å². The van der Waals surface area contributed by atoms with Crippen molar-refractivity contribution in [3.05, 3.63) is 0 Å². The lowest BCUT2D eigenvalue weighted by molar-refractivity contribution is 0.0175. The maximum atomic E-state index is 7.98. The molecule has 0 saturated carbocycles. The highest BCUT2D eigenvalue weighted by molar-refractivity contribution is 4.12. The van der Waals surface area contributed by atoms with E-state index in [0.717, 1.165) is 0 Å². The topological polar surface area (TPSA) is 99.0 Å². The Labute approximate surface area is 41.3 Å². The standard InChI is InChI=1S/C2H8N2O2.H2O/c3-4-6-2-1-5;/h4-5H,1-3H2;1H2. The Bertz CT molecular complexity index is 22.9. The molecule has 0 aliphatic heterocycles. The van der Waals surface area contributed by atoms with Crippen molar-refractivity contribution in [1.82, 2.24) is 5.59 Å². The van der Waals surface area contributed by atoms with E-state index >= 15 is 0 Å². The third-order valence-corrected chi connectivity index (χ3v) is 0.277. The van der Waals surface area contributed by atoms with Crippen molar-refractivity contribution < 1.29 is 15.4 Å². The SMILES string of the molecule is NNOCCO.O. The summed E-state index contributed by atoms with van der Waals surface area (Å²) < 4.78 is 0. The summed E-state index contributed by atoms with van der Waals surface area (Å²) in [7, 11) is 0. The number of rotatable bonds is 3. The van der Waals surface area contributed by atoms with E-state index in [1.54, 1.807) is 0 Å². The van der Waals surface area contributed by atoms with Crippen LogP contribution in [0.15, 0.2) is 0 Å². The molecule has 46 valence electrons. The molecule has 0 unspecified atom stereocenters. The first kappa shape index (κ1) is 9.93. The lowest BCUT2D eigenvalue weighted by atomic mass is 10.8. The summed E-state index contributed by atoms with van der Waals surface area (Å²) in [5.74, 6) is 4.63. The zero-order chi connectivity index (χ0) is 4.83. The van der Waals surface area contributed by atoms with Crippen molar-refractivity contribution in [2.45, 2.75) is 0 Å². The van der Waals surface area contributed by atoms with Gasteiger partial charge in [0.25, 0.3) is 0 Å². The molecule has 0 heterocycles. The van der Waals surface area contributed by atoms with Crippen LogP contribution >= 0.6 is 0 Å². The van der Waals surface area contributed by atoms with Gasteiger partial charge < -0.3 is 10.6 Å². The first-order chi connectivity index (χ1) is 2.91. The van der Waals surface area contributed by atoms with Gasteiger partial charge in [-0.2, -0.15) is 0 Å². The molecule has 0 aromatic rings. The Morgan fingerprint density at radius 2 is 2.29 bits per heavy atom. The number of nitrogens with two attached hydrogens (primary N) is 1. The molecule has 0 radical (unpaired) electrons. The van der Waals surface area contributed by atoms with Crippen LogP contribution in [0.3, 0.4) is 0 Å². The number of hydrazine groups is 1. The minimum absolute atomic E-state index is 0. The Hall–Kier alpha value is -0.200. The molecule has 5 nitrogen and oxygen atoms in total. The average Bonchev–Trinajstić information content (AvgIpc) is 1.61. The summed E-state index contributed by atoms with van der Waals surface area (Å²) in [6, 6.07) is 0. The molecule has 0 atom stereocenters. The molecular formula is C2H10N2O3. The molecule has 0 rings (SSSR count). The molecule has 7 heavy (non-hydrogen) atoms. The molecule has 0 aliphatic rings. The zero-order valence-corrected chi connectivity index (χ0v) is 3.85. The second-order valence-electron chi connectivity index (χ2n) is 0.690. The first-order valence-electron chi connectivity index (χ1n) is 1.60. The van der Waals surface area contributed by atoms with Crippen LogP contribution in [-0.4, -0.2) is 23.8 Å². The zero-order valence-electron chi connectivity index (χ0n) is 3.85. The maximum Gasteiger partial charge on any atom is 0.0929 e. The van der Waals surface area contributed by atoms with Crippen LogP contribution < -0.4 is 11.4 Å². The van der Waals surface area contributed by atoms with Crippen molar-refractivity contribution in [2.75, 3.05) is 13.2 Å². The summed E-state index contributed by atoms with van der Waals surface area (Å²) in [5, 5.41) is 7.98. The molecule has 0 amide bonds. The van der Waals surface area contributed by atoms with Crippen molar-refractivity contribution in [2.24, 2.45) is 5.84 Å². The van der Waals surface area contributed by atoms with E-state index < -0.39 is 0 Å². The highest BCUT2D eigenvalue weighted by Gasteiger charge is 1.73. The van der Waals surface area contributed by atoms with Gasteiger partial charge in [0.1, 0.15) is 0 Å². The summed E-state index contributed by atoms with van der Waals surface area (Å²) in [6.45, 7) is 0.223. The molecular weight excluding hydrogens is 100 g/mol. The van der Waals surface area contributed by atoms with Crippen molar-refractivity contribution >= 4 is 0 Å². The maximum absolute atomic E-state index is 7.98. The molecule has 0 aromatic carbocycles. The van der Waals surface area contributed by atoms with Gasteiger partial charge in [-0.15, -0.1) is 5.59 Å². The monoisotopic (exact) mass is 110 g/mol. The van der Waals surface area contributed by atoms with Gasteiger partial charge in [0.15, 0.2) is 0 Å². The van der Waals surface area contributed by atoms with Crippen LogP contribution in [0.1, 0.15) is 0 Å². The second-order valence-corrected chi connectivity index (χ2v) is 0.690. The fourth-order valence-electron chi connectivity index (χ4n) is 0.105. The smallest absolute Gasteiger partial charge is 0.0929 e. The number of hydrogen-bond acceptors (Lipinski definition) is 4. The highest BCUT2D eigenvalue weighted by Crippen LogP contribution is 1.55. The van der Waals surface area contributed by atoms with Crippen molar-refractivity contribution in [3.8, 4) is 0 Å². The lowest BCUT2D eigenvalue weighted by Crippen LogP contribution is -2.23. The fourth-order valence-corrected chi connectivity index (χ4v) is 0.105. The van der Waals surface area contributed by atoms with Crippen molar-refractivity contribution in [1.29, 1.82) is 0 Å². The minimum Gasteiger partial charge on any atom is -0.412 e. The third kappa shape index (κ3) is 10.7. The van der Waals surface area contributed by atoms with Gasteiger partial charge in [0.05, 0.1) is 13.2 Å².